The second-order valence-corrected chi connectivity index (χ2v) is 4.74. The fourth-order valence-corrected chi connectivity index (χ4v) is 2.38. The first-order valence-corrected chi connectivity index (χ1v) is 7.00. The standard InChI is InChI=1S/C15H20N2O4/c1-3-11-15(19)16-8-9-17(11)14(18)10-21-13-7-5-4-6-12(13)20-2/h4-7,11H,3,8-10H2,1-2H3,(H,16,19). The SMILES string of the molecule is CCC1C(=O)NCCN1C(=O)COc1ccccc1OC. The number of nitrogens with one attached hydrogen (secondary N) is 1. The van der Waals surface area contributed by atoms with E-state index in [1.807, 2.05) is 19.1 Å². The van der Waals surface area contributed by atoms with Crippen LogP contribution in [0.3, 0.4) is 0 Å². The first-order chi connectivity index (χ1) is 10.2. The summed E-state index contributed by atoms with van der Waals surface area (Å²) >= 11 is 0. The quantitative estimate of drug-likeness (QED) is 0.872. The Hall–Kier alpha value is -2.24. The maximum atomic E-state index is 12.3. The van der Waals surface area contributed by atoms with Gasteiger partial charge in [0.1, 0.15) is 6.04 Å². The molecule has 1 aromatic carbocycles. The van der Waals surface area contributed by atoms with Gasteiger partial charge in [0.25, 0.3) is 5.91 Å². The molecule has 0 aromatic heterocycles. The molecule has 6 nitrogen and oxygen atoms in total. The van der Waals surface area contributed by atoms with Gasteiger partial charge in [-0.1, -0.05) is 19.1 Å². The smallest absolute Gasteiger partial charge is 0.261 e. The summed E-state index contributed by atoms with van der Waals surface area (Å²) in [6.07, 6.45) is 0.590. The zero-order chi connectivity index (χ0) is 15.2. The molecule has 0 aliphatic carbocycles. The van der Waals surface area contributed by atoms with Gasteiger partial charge < -0.3 is 19.7 Å². The van der Waals surface area contributed by atoms with Crippen LogP contribution in [0.2, 0.25) is 0 Å². The number of carbonyl (C=O) groups is 2. The Kier molecular flexibility index (Phi) is 5.03. The van der Waals surface area contributed by atoms with Crippen molar-refractivity contribution in [2.75, 3.05) is 26.8 Å². The molecule has 0 bridgehead atoms. The van der Waals surface area contributed by atoms with Crippen molar-refractivity contribution in [3.8, 4) is 11.5 Å². The summed E-state index contributed by atoms with van der Waals surface area (Å²) < 4.78 is 10.7. The molecule has 0 spiro atoms. The summed E-state index contributed by atoms with van der Waals surface area (Å²) in [6, 6.07) is 6.74. The van der Waals surface area contributed by atoms with E-state index in [0.717, 1.165) is 0 Å². The zero-order valence-electron chi connectivity index (χ0n) is 12.3. The third kappa shape index (κ3) is 3.45. The number of ether oxygens (including phenoxy) is 2. The highest BCUT2D eigenvalue weighted by Gasteiger charge is 2.31. The Morgan fingerprint density at radius 2 is 2.10 bits per heavy atom. The van der Waals surface area contributed by atoms with E-state index in [9.17, 15) is 9.59 Å². The molecule has 0 saturated carbocycles. The third-order valence-electron chi connectivity index (χ3n) is 3.46. The predicted molar refractivity (Wildman–Crippen MR) is 77.3 cm³/mol. The van der Waals surface area contributed by atoms with Crippen LogP contribution in [0.5, 0.6) is 11.5 Å². The number of carbonyl (C=O) groups excluding carboxylic acids is 2. The summed E-state index contributed by atoms with van der Waals surface area (Å²) in [7, 11) is 1.55. The average Bonchev–Trinajstić information content (AvgIpc) is 2.52. The zero-order valence-corrected chi connectivity index (χ0v) is 12.3. The van der Waals surface area contributed by atoms with E-state index in [2.05, 4.69) is 5.32 Å². The van der Waals surface area contributed by atoms with Gasteiger partial charge in [-0.25, -0.2) is 0 Å². The van der Waals surface area contributed by atoms with E-state index in [0.29, 0.717) is 31.0 Å². The molecule has 114 valence electrons. The normalized spacial score (nSPS) is 18.1. The lowest BCUT2D eigenvalue weighted by atomic mass is 10.1. The molecule has 21 heavy (non-hydrogen) atoms. The maximum Gasteiger partial charge on any atom is 0.261 e. The molecule has 1 heterocycles. The predicted octanol–water partition coefficient (Wildman–Crippen LogP) is 0.811. The lowest BCUT2D eigenvalue weighted by molar-refractivity contribution is -0.144. The molecule has 2 amide bonds. The van der Waals surface area contributed by atoms with Crippen LogP contribution in [0.15, 0.2) is 24.3 Å². The van der Waals surface area contributed by atoms with Crippen LogP contribution in [0, 0.1) is 0 Å². The summed E-state index contributed by atoms with van der Waals surface area (Å²) in [5, 5.41) is 2.77. The van der Waals surface area contributed by atoms with Crippen molar-refractivity contribution in [1.82, 2.24) is 10.2 Å². The number of para-hydroxylation sites is 2. The van der Waals surface area contributed by atoms with Crippen molar-refractivity contribution in [3.63, 3.8) is 0 Å². The molecule has 1 aliphatic rings. The first-order valence-electron chi connectivity index (χ1n) is 7.00. The number of hydrogen-bond acceptors (Lipinski definition) is 4. The highest BCUT2D eigenvalue weighted by atomic mass is 16.5. The van der Waals surface area contributed by atoms with Gasteiger partial charge in [-0.2, -0.15) is 0 Å². The van der Waals surface area contributed by atoms with Gasteiger partial charge in [-0.05, 0) is 18.6 Å². The summed E-state index contributed by atoms with van der Waals surface area (Å²) in [4.78, 5) is 25.6. The number of piperazine rings is 1. The van der Waals surface area contributed by atoms with Gasteiger partial charge in [0.2, 0.25) is 5.91 Å². The number of methoxy groups -OCH3 is 1. The summed E-state index contributed by atoms with van der Waals surface area (Å²) in [5.74, 6) is 0.800. The maximum absolute atomic E-state index is 12.3. The van der Waals surface area contributed by atoms with E-state index < -0.39 is 6.04 Å². The van der Waals surface area contributed by atoms with Crippen LogP contribution in [0.25, 0.3) is 0 Å². The minimum Gasteiger partial charge on any atom is -0.493 e. The van der Waals surface area contributed by atoms with E-state index in [-0.39, 0.29) is 18.4 Å². The topological polar surface area (TPSA) is 67.9 Å². The molecular formula is C15H20N2O4. The second-order valence-electron chi connectivity index (χ2n) is 4.74. The Bertz CT molecular complexity index is 518. The molecule has 6 heteroatoms. The third-order valence-corrected chi connectivity index (χ3v) is 3.46. The van der Waals surface area contributed by atoms with Gasteiger partial charge in [-0.3, -0.25) is 9.59 Å². The van der Waals surface area contributed by atoms with E-state index in [1.54, 1.807) is 24.1 Å². The molecule has 2 rings (SSSR count). The molecule has 1 N–H and O–H groups in total. The molecule has 1 aliphatic heterocycles. The Morgan fingerprint density at radius 3 is 2.76 bits per heavy atom. The molecule has 1 unspecified atom stereocenters. The van der Waals surface area contributed by atoms with Crippen LogP contribution in [-0.4, -0.2) is 49.6 Å². The van der Waals surface area contributed by atoms with Crippen LogP contribution in [0.1, 0.15) is 13.3 Å². The summed E-state index contributed by atoms with van der Waals surface area (Å²) in [6.45, 7) is 2.77. The Labute approximate surface area is 124 Å². The van der Waals surface area contributed by atoms with Gasteiger partial charge >= 0.3 is 0 Å². The second kappa shape index (κ2) is 6.97. The van der Waals surface area contributed by atoms with Crippen molar-refractivity contribution in [3.05, 3.63) is 24.3 Å². The largest absolute Gasteiger partial charge is 0.493 e. The number of amides is 2. The van der Waals surface area contributed by atoms with Crippen LogP contribution in [0.4, 0.5) is 0 Å². The van der Waals surface area contributed by atoms with Crippen molar-refractivity contribution in [2.24, 2.45) is 0 Å². The monoisotopic (exact) mass is 292 g/mol. The van der Waals surface area contributed by atoms with Gasteiger partial charge in [-0.15, -0.1) is 0 Å². The first kappa shape index (κ1) is 15.2. The van der Waals surface area contributed by atoms with Gasteiger partial charge in [0.05, 0.1) is 7.11 Å². The lowest BCUT2D eigenvalue weighted by Crippen LogP contribution is -2.57. The molecule has 0 radical (unpaired) electrons. The van der Waals surface area contributed by atoms with Crippen LogP contribution >= 0.6 is 0 Å². The van der Waals surface area contributed by atoms with Crippen molar-refractivity contribution >= 4 is 11.8 Å². The molecular weight excluding hydrogens is 272 g/mol. The Morgan fingerprint density at radius 1 is 1.38 bits per heavy atom. The fourth-order valence-electron chi connectivity index (χ4n) is 2.38. The number of rotatable bonds is 5. The average molecular weight is 292 g/mol. The van der Waals surface area contributed by atoms with Crippen LogP contribution in [-0.2, 0) is 9.59 Å². The van der Waals surface area contributed by atoms with Gasteiger partial charge in [0.15, 0.2) is 18.1 Å². The number of hydrogen-bond donors (Lipinski definition) is 1. The molecule has 1 fully saturated rings. The minimum absolute atomic E-state index is 0.102. The van der Waals surface area contributed by atoms with Crippen molar-refractivity contribution < 1.29 is 19.1 Å². The highest BCUT2D eigenvalue weighted by molar-refractivity contribution is 5.89. The molecule has 1 atom stereocenters. The minimum atomic E-state index is -0.410. The number of nitrogens with zero attached hydrogens (tertiary/aromatic N) is 1. The highest BCUT2D eigenvalue weighted by Crippen LogP contribution is 2.25. The van der Waals surface area contributed by atoms with Gasteiger partial charge in [0, 0.05) is 13.1 Å². The van der Waals surface area contributed by atoms with Crippen LogP contribution < -0.4 is 14.8 Å². The number of benzene rings is 1. The van der Waals surface area contributed by atoms with E-state index in [1.165, 1.54) is 0 Å². The fraction of sp³-hybridized carbons (Fsp3) is 0.467. The van der Waals surface area contributed by atoms with E-state index in [4.69, 9.17) is 9.47 Å². The van der Waals surface area contributed by atoms with Crippen molar-refractivity contribution in [1.29, 1.82) is 0 Å². The molecule has 1 saturated heterocycles. The Balaban J connectivity index is 1.99. The van der Waals surface area contributed by atoms with E-state index >= 15 is 0 Å². The lowest BCUT2D eigenvalue weighted by Gasteiger charge is -2.34. The summed E-state index contributed by atoms with van der Waals surface area (Å²) in [5.41, 5.74) is 0. The van der Waals surface area contributed by atoms with Crippen molar-refractivity contribution in [2.45, 2.75) is 19.4 Å². The molecule has 1 aromatic rings.